The fraction of sp³-hybridized carbons (Fsp3) is 0.455. The highest BCUT2D eigenvalue weighted by molar-refractivity contribution is 7.13. The Morgan fingerprint density at radius 1 is 1.13 bits per heavy atom. The Morgan fingerprint density at radius 3 is 2.61 bits per heavy atom. The maximum Gasteiger partial charge on any atom is 0.240 e. The van der Waals surface area contributed by atoms with Gasteiger partial charge >= 0.3 is 0 Å². The fourth-order valence-corrected chi connectivity index (χ4v) is 4.19. The average Bonchev–Trinajstić information content (AvgIpc) is 3.29. The third-order valence-electron chi connectivity index (χ3n) is 5.19. The molecule has 9 heteroatoms. The predicted molar refractivity (Wildman–Crippen MR) is 120 cm³/mol. The lowest BCUT2D eigenvalue weighted by atomic mass is 9.95. The molecule has 0 aliphatic heterocycles. The van der Waals surface area contributed by atoms with Gasteiger partial charge in [0.25, 0.3) is 0 Å². The molecule has 1 aromatic carbocycles. The number of benzene rings is 1. The van der Waals surface area contributed by atoms with E-state index < -0.39 is 0 Å². The number of hydrogen-bond donors (Lipinski definition) is 2. The Bertz CT molecular complexity index is 881. The minimum atomic E-state index is -0.322. The minimum absolute atomic E-state index is 0.00565. The molecule has 1 aliphatic carbocycles. The zero-order valence-corrected chi connectivity index (χ0v) is 18.5. The van der Waals surface area contributed by atoms with E-state index >= 15 is 0 Å². The number of anilines is 2. The standard InChI is InChI=1S/C22H28N4O4S/c1-30-18-10-6-5-9-17(18)26(15-20(28)24-16-7-3-2-4-8-16)21(29)12-11-19(27)25-22-23-13-14-31-22/h5-6,9-10,13-14,16H,2-4,7-8,11-12,15H2,1H3,(H,24,28)(H,23,25,27). The number of nitrogens with zero attached hydrogens (tertiary/aromatic N) is 2. The van der Waals surface area contributed by atoms with Gasteiger partial charge in [-0.3, -0.25) is 19.3 Å². The summed E-state index contributed by atoms with van der Waals surface area (Å²) in [6.45, 7) is -0.121. The molecule has 0 unspecified atom stereocenters. The van der Waals surface area contributed by atoms with Crippen molar-refractivity contribution in [3.05, 3.63) is 35.8 Å². The summed E-state index contributed by atoms with van der Waals surface area (Å²) in [6.07, 6.45) is 6.89. The topological polar surface area (TPSA) is 101 Å². The number of para-hydroxylation sites is 2. The van der Waals surface area contributed by atoms with Gasteiger partial charge in [0.2, 0.25) is 17.7 Å². The van der Waals surface area contributed by atoms with Crippen molar-refractivity contribution in [3.8, 4) is 5.75 Å². The molecule has 0 spiro atoms. The molecule has 2 N–H and O–H groups in total. The Balaban J connectivity index is 1.66. The molecule has 0 saturated heterocycles. The van der Waals surface area contributed by atoms with Gasteiger partial charge in [-0.15, -0.1) is 11.3 Å². The van der Waals surface area contributed by atoms with E-state index in [4.69, 9.17) is 4.74 Å². The Morgan fingerprint density at radius 2 is 1.90 bits per heavy atom. The van der Waals surface area contributed by atoms with E-state index in [1.54, 1.807) is 35.8 Å². The number of rotatable bonds is 9. The van der Waals surface area contributed by atoms with Crippen LogP contribution in [0.2, 0.25) is 0 Å². The van der Waals surface area contributed by atoms with Crippen molar-refractivity contribution in [3.63, 3.8) is 0 Å². The third-order valence-corrected chi connectivity index (χ3v) is 5.88. The van der Waals surface area contributed by atoms with E-state index in [0.717, 1.165) is 25.7 Å². The summed E-state index contributed by atoms with van der Waals surface area (Å²) in [5.74, 6) is -0.334. The molecule has 31 heavy (non-hydrogen) atoms. The van der Waals surface area contributed by atoms with Crippen molar-refractivity contribution in [2.75, 3.05) is 23.9 Å². The van der Waals surface area contributed by atoms with Gasteiger partial charge in [0, 0.05) is 30.5 Å². The van der Waals surface area contributed by atoms with Crippen LogP contribution in [0.3, 0.4) is 0 Å². The highest BCUT2D eigenvalue weighted by Crippen LogP contribution is 2.28. The van der Waals surface area contributed by atoms with Crippen molar-refractivity contribution in [2.24, 2.45) is 0 Å². The maximum atomic E-state index is 13.0. The van der Waals surface area contributed by atoms with Crippen LogP contribution >= 0.6 is 11.3 Å². The third kappa shape index (κ3) is 6.78. The predicted octanol–water partition coefficient (Wildman–Crippen LogP) is 3.35. The first-order valence-corrected chi connectivity index (χ1v) is 11.4. The number of hydrogen-bond acceptors (Lipinski definition) is 6. The van der Waals surface area contributed by atoms with Gasteiger partial charge in [-0.1, -0.05) is 31.4 Å². The molecule has 1 aliphatic rings. The molecule has 1 aromatic heterocycles. The molecule has 0 radical (unpaired) electrons. The van der Waals surface area contributed by atoms with Crippen LogP contribution in [0, 0.1) is 0 Å². The normalized spacial score (nSPS) is 14.0. The van der Waals surface area contributed by atoms with Crippen LogP contribution in [-0.2, 0) is 14.4 Å². The molecule has 166 valence electrons. The first kappa shape index (κ1) is 22.7. The summed E-state index contributed by atoms with van der Waals surface area (Å²) in [7, 11) is 1.52. The minimum Gasteiger partial charge on any atom is -0.495 e. The van der Waals surface area contributed by atoms with Crippen molar-refractivity contribution < 1.29 is 19.1 Å². The number of amides is 3. The van der Waals surface area contributed by atoms with E-state index in [0.29, 0.717) is 16.6 Å². The van der Waals surface area contributed by atoms with Crippen molar-refractivity contribution in [2.45, 2.75) is 51.0 Å². The molecule has 1 fully saturated rings. The maximum absolute atomic E-state index is 13.0. The lowest BCUT2D eigenvalue weighted by Gasteiger charge is -2.27. The number of carbonyl (C=O) groups is 3. The SMILES string of the molecule is COc1ccccc1N(CC(=O)NC1CCCCC1)C(=O)CCC(=O)Nc1nccs1. The zero-order chi connectivity index (χ0) is 22.1. The van der Waals surface area contributed by atoms with Crippen LogP contribution in [0.1, 0.15) is 44.9 Å². The molecule has 3 rings (SSSR count). The van der Waals surface area contributed by atoms with Crippen molar-refractivity contribution in [1.29, 1.82) is 0 Å². The molecule has 0 atom stereocenters. The average molecular weight is 445 g/mol. The Kier molecular flexibility index (Phi) is 8.40. The quantitative estimate of drug-likeness (QED) is 0.618. The molecule has 8 nitrogen and oxygen atoms in total. The van der Waals surface area contributed by atoms with E-state index in [9.17, 15) is 14.4 Å². The van der Waals surface area contributed by atoms with Crippen molar-refractivity contribution in [1.82, 2.24) is 10.3 Å². The zero-order valence-electron chi connectivity index (χ0n) is 17.6. The second-order valence-corrected chi connectivity index (χ2v) is 8.33. The second-order valence-electron chi connectivity index (χ2n) is 7.44. The van der Waals surface area contributed by atoms with Gasteiger partial charge in [-0.05, 0) is 25.0 Å². The lowest BCUT2D eigenvalue weighted by molar-refractivity contribution is -0.125. The Labute approximate surface area is 186 Å². The summed E-state index contributed by atoms with van der Waals surface area (Å²) in [5.41, 5.74) is 0.508. The van der Waals surface area contributed by atoms with Crippen LogP contribution in [-0.4, -0.2) is 42.4 Å². The van der Waals surface area contributed by atoms with E-state index in [1.165, 1.54) is 29.8 Å². The fourth-order valence-electron chi connectivity index (χ4n) is 3.65. The molecule has 0 bridgehead atoms. The molecule has 1 saturated carbocycles. The summed E-state index contributed by atoms with van der Waals surface area (Å²) < 4.78 is 5.39. The molecule has 3 amide bonds. The van der Waals surface area contributed by atoms with Crippen LogP contribution in [0.25, 0.3) is 0 Å². The van der Waals surface area contributed by atoms with Crippen LogP contribution in [0.5, 0.6) is 5.75 Å². The largest absolute Gasteiger partial charge is 0.495 e. The number of thiazole rings is 1. The highest BCUT2D eigenvalue weighted by atomic mass is 32.1. The van der Waals surface area contributed by atoms with Crippen molar-refractivity contribution >= 4 is 39.9 Å². The number of aromatic nitrogens is 1. The van der Waals surface area contributed by atoms with Gasteiger partial charge in [0.15, 0.2) is 5.13 Å². The number of methoxy groups -OCH3 is 1. The van der Waals surface area contributed by atoms with Gasteiger partial charge in [0.1, 0.15) is 12.3 Å². The van der Waals surface area contributed by atoms with Crippen LogP contribution in [0.4, 0.5) is 10.8 Å². The van der Waals surface area contributed by atoms with E-state index in [1.807, 2.05) is 0 Å². The van der Waals surface area contributed by atoms with Crippen LogP contribution in [0.15, 0.2) is 35.8 Å². The summed E-state index contributed by atoms with van der Waals surface area (Å²) >= 11 is 1.31. The first-order chi connectivity index (χ1) is 15.1. The van der Waals surface area contributed by atoms with Gasteiger partial charge in [-0.25, -0.2) is 4.98 Å². The lowest BCUT2D eigenvalue weighted by Crippen LogP contribution is -2.45. The number of ether oxygens (including phenoxy) is 1. The molecule has 2 aromatic rings. The van der Waals surface area contributed by atoms with E-state index in [-0.39, 0.29) is 43.1 Å². The highest BCUT2D eigenvalue weighted by Gasteiger charge is 2.24. The van der Waals surface area contributed by atoms with Gasteiger partial charge < -0.3 is 15.4 Å². The van der Waals surface area contributed by atoms with Gasteiger partial charge in [-0.2, -0.15) is 0 Å². The van der Waals surface area contributed by atoms with Gasteiger partial charge in [0.05, 0.1) is 12.8 Å². The van der Waals surface area contributed by atoms with E-state index in [2.05, 4.69) is 15.6 Å². The number of nitrogens with one attached hydrogen (secondary N) is 2. The van der Waals surface area contributed by atoms with Crippen LogP contribution < -0.4 is 20.3 Å². The monoisotopic (exact) mass is 444 g/mol. The summed E-state index contributed by atoms with van der Waals surface area (Å²) in [5, 5.41) is 7.96. The number of carbonyl (C=O) groups excluding carboxylic acids is 3. The molecular weight excluding hydrogens is 416 g/mol. The Hall–Kier alpha value is -2.94. The molecular formula is C22H28N4O4S. The summed E-state index contributed by atoms with van der Waals surface area (Å²) in [6, 6.07) is 7.21. The second kappa shape index (κ2) is 11.5. The summed E-state index contributed by atoms with van der Waals surface area (Å²) in [4.78, 5) is 43.3. The molecule has 1 heterocycles. The smallest absolute Gasteiger partial charge is 0.240 e. The first-order valence-electron chi connectivity index (χ1n) is 10.5.